The Morgan fingerprint density at radius 1 is 0.909 bits per heavy atom. The number of rotatable bonds is 5. The molecule has 5 heteroatoms. The van der Waals surface area contributed by atoms with Crippen molar-refractivity contribution in [3.05, 3.63) is 95.2 Å². The Labute approximate surface area is 198 Å². The van der Waals surface area contributed by atoms with Crippen LogP contribution >= 0.6 is 11.8 Å². The first kappa shape index (κ1) is 21.5. The average Bonchev–Trinajstić information content (AvgIpc) is 3.18. The third-order valence-corrected chi connectivity index (χ3v) is 7.21. The maximum absolute atomic E-state index is 13.2. The van der Waals surface area contributed by atoms with E-state index in [1.165, 1.54) is 34.8 Å². The number of para-hydroxylation sites is 1. The number of aromatic nitrogens is 1. The number of carbonyl (C=O) groups is 2. The van der Waals surface area contributed by atoms with Crippen molar-refractivity contribution in [1.29, 1.82) is 0 Å². The minimum Gasteiger partial charge on any atom is -0.322 e. The maximum atomic E-state index is 13.2. The molecule has 1 heterocycles. The molecule has 4 nitrogen and oxygen atoms in total. The van der Waals surface area contributed by atoms with Gasteiger partial charge in [-0.2, -0.15) is 0 Å². The van der Waals surface area contributed by atoms with E-state index in [-0.39, 0.29) is 11.8 Å². The summed E-state index contributed by atoms with van der Waals surface area (Å²) in [7, 11) is 0. The van der Waals surface area contributed by atoms with E-state index in [2.05, 4.69) is 23.5 Å². The van der Waals surface area contributed by atoms with Gasteiger partial charge in [-0.3, -0.25) is 14.2 Å². The van der Waals surface area contributed by atoms with Crippen LogP contribution in [0.5, 0.6) is 0 Å². The fourth-order valence-corrected chi connectivity index (χ4v) is 5.28. The average molecular weight is 455 g/mol. The van der Waals surface area contributed by atoms with Crippen molar-refractivity contribution in [2.45, 2.75) is 37.5 Å². The van der Waals surface area contributed by atoms with E-state index < -0.39 is 0 Å². The summed E-state index contributed by atoms with van der Waals surface area (Å²) in [4.78, 5) is 26.7. The molecule has 1 aliphatic carbocycles. The summed E-state index contributed by atoms with van der Waals surface area (Å²) in [5.41, 5.74) is 6.07. The van der Waals surface area contributed by atoms with Crippen molar-refractivity contribution in [3.63, 3.8) is 0 Å². The number of amides is 1. The molecule has 1 aliphatic rings. The Balaban J connectivity index is 1.26. The van der Waals surface area contributed by atoms with Crippen molar-refractivity contribution in [1.82, 2.24) is 4.57 Å². The molecule has 0 spiro atoms. The molecule has 33 heavy (non-hydrogen) atoms. The molecule has 0 saturated heterocycles. The van der Waals surface area contributed by atoms with Crippen LogP contribution in [0.25, 0.3) is 10.9 Å². The zero-order chi connectivity index (χ0) is 22.8. The molecule has 0 radical (unpaired) electrons. The lowest BCUT2D eigenvalue weighted by atomic mass is 9.96. The fourth-order valence-electron chi connectivity index (χ4n) is 4.53. The fraction of sp³-hybridized carbons (Fsp3) is 0.214. The largest absolute Gasteiger partial charge is 0.322 e. The molecular weight excluding hydrogens is 428 g/mol. The van der Waals surface area contributed by atoms with Gasteiger partial charge in [-0.05, 0) is 80.6 Å². The summed E-state index contributed by atoms with van der Waals surface area (Å²) in [5.74, 6) is 0.367. The predicted molar refractivity (Wildman–Crippen MR) is 136 cm³/mol. The summed E-state index contributed by atoms with van der Waals surface area (Å²) in [6.45, 7) is 2.00. The predicted octanol–water partition coefficient (Wildman–Crippen LogP) is 6.51. The van der Waals surface area contributed by atoms with Gasteiger partial charge >= 0.3 is 0 Å². The van der Waals surface area contributed by atoms with Crippen LogP contribution in [-0.4, -0.2) is 22.1 Å². The van der Waals surface area contributed by atoms with Crippen LogP contribution in [0.4, 0.5) is 5.69 Å². The lowest BCUT2D eigenvalue weighted by molar-refractivity contribution is 0.0942. The zero-order valence-electron chi connectivity index (χ0n) is 18.6. The summed E-state index contributed by atoms with van der Waals surface area (Å²) >= 11 is 1.53. The van der Waals surface area contributed by atoms with E-state index in [1.807, 2.05) is 66.1 Å². The molecule has 166 valence electrons. The molecular formula is C28H26N2O2S. The topological polar surface area (TPSA) is 51.1 Å². The minimum absolute atomic E-state index is 0.121. The number of hydrogen-bond donors (Lipinski definition) is 1. The molecule has 4 aromatic rings. The smallest absolute Gasteiger partial charge is 0.255 e. The van der Waals surface area contributed by atoms with Crippen LogP contribution in [0.1, 0.15) is 44.8 Å². The first-order valence-electron chi connectivity index (χ1n) is 11.4. The Kier molecular flexibility index (Phi) is 6.05. The molecule has 0 atom stereocenters. The van der Waals surface area contributed by atoms with Crippen molar-refractivity contribution >= 4 is 40.2 Å². The lowest BCUT2D eigenvalue weighted by Gasteiger charge is -2.15. The van der Waals surface area contributed by atoms with E-state index in [9.17, 15) is 9.59 Å². The Bertz CT molecular complexity index is 1320. The van der Waals surface area contributed by atoms with Crippen LogP contribution in [0.3, 0.4) is 0 Å². The number of nitrogens with one attached hydrogen (secondary N) is 1. The SMILES string of the molecule is Cc1ccc(C(=O)Nc2ccc(SCC(=O)n3c4c(c5ccccc53)CCCC4)cc2)cc1. The second-order valence-corrected chi connectivity index (χ2v) is 9.56. The van der Waals surface area contributed by atoms with Gasteiger partial charge in [-0.25, -0.2) is 0 Å². The molecule has 0 aliphatic heterocycles. The Hall–Kier alpha value is -3.31. The number of thioether (sulfide) groups is 1. The van der Waals surface area contributed by atoms with Gasteiger partial charge in [0.1, 0.15) is 0 Å². The molecule has 3 aromatic carbocycles. The Morgan fingerprint density at radius 3 is 2.42 bits per heavy atom. The van der Waals surface area contributed by atoms with Crippen molar-refractivity contribution in [3.8, 4) is 0 Å². The van der Waals surface area contributed by atoms with Crippen molar-refractivity contribution < 1.29 is 9.59 Å². The van der Waals surface area contributed by atoms with Gasteiger partial charge < -0.3 is 5.32 Å². The Morgan fingerprint density at radius 2 is 1.64 bits per heavy atom. The standard InChI is InChI=1S/C28H26N2O2S/c1-19-10-12-20(13-11-19)28(32)29-21-14-16-22(17-15-21)33-18-27(31)30-25-8-4-2-6-23(25)24-7-3-5-9-26(24)30/h2,4,6,8,10-17H,3,5,7,9,18H2,1H3,(H,29,32). The summed E-state index contributed by atoms with van der Waals surface area (Å²) in [6.07, 6.45) is 4.35. The first-order valence-corrected chi connectivity index (χ1v) is 12.3. The van der Waals surface area contributed by atoms with Crippen LogP contribution in [0, 0.1) is 6.92 Å². The maximum Gasteiger partial charge on any atom is 0.255 e. The number of aryl methyl sites for hydroxylation is 2. The van der Waals surface area contributed by atoms with Gasteiger partial charge in [0, 0.05) is 27.2 Å². The highest BCUT2D eigenvalue weighted by Gasteiger charge is 2.23. The van der Waals surface area contributed by atoms with Crippen LogP contribution in [-0.2, 0) is 12.8 Å². The third kappa shape index (κ3) is 4.46. The molecule has 0 unspecified atom stereocenters. The highest BCUT2D eigenvalue weighted by molar-refractivity contribution is 8.00. The number of anilines is 1. The highest BCUT2D eigenvalue weighted by atomic mass is 32.2. The number of fused-ring (bicyclic) bond motifs is 3. The highest BCUT2D eigenvalue weighted by Crippen LogP contribution is 2.32. The van der Waals surface area contributed by atoms with Gasteiger partial charge in [0.05, 0.1) is 11.3 Å². The summed E-state index contributed by atoms with van der Waals surface area (Å²) in [5, 5.41) is 4.15. The number of benzene rings is 3. The van der Waals surface area contributed by atoms with E-state index in [0.717, 1.165) is 40.9 Å². The molecule has 1 N–H and O–H groups in total. The van der Waals surface area contributed by atoms with Crippen LogP contribution in [0.15, 0.2) is 77.7 Å². The number of nitrogens with zero attached hydrogens (tertiary/aromatic N) is 1. The quantitative estimate of drug-likeness (QED) is 0.350. The molecule has 1 aromatic heterocycles. The minimum atomic E-state index is -0.130. The van der Waals surface area contributed by atoms with Gasteiger partial charge in [0.25, 0.3) is 5.91 Å². The molecule has 0 saturated carbocycles. The van der Waals surface area contributed by atoms with Gasteiger partial charge in [-0.1, -0.05) is 35.9 Å². The van der Waals surface area contributed by atoms with Crippen LogP contribution in [0.2, 0.25) is 0 Å². The van der Waals surface area contributed by atoms with Gasteiger partial charge in [0.15, 0.2) is 0 Å². The molecule has 0 bridgehead atoms. The van der Waals surface area contributed by atoms with Crippen LogP contribution < -0.4 is 5.32 Å². The zero-order valence-corrected chi connectivity index (χ0v) is 19.5. The second-order valence-electron chi connectivity index (χ2n) is 8.51. The lowest BCUT2D eigenvalue weighted by Crippen LogP contribution is -2.18. The second kappa shape index (κ2) is 9.28. The van der Waals surface area contributed by atoms with Crippen molar-refractivity contribution in [2.75, 3.05) is 11.1 Å². The van der Waals surface area contributed by atoms with Gasteiger partial charge in [-0.15, -0.1) is 11.8 Å². The van der Waals surface area contributed by atoms with Gasteiger partial charge in [0.2, 0.25) is 5.91 Å². The molecule has 1 amide bonds. The van der Waals surface area contributed by atoms with E-state index in [1.54, 1.807) is 0 Å². The van der Waals surface area contributed by atoms with Crippen molar-refractivity contribution in [2.24, 2.45) is 0 Å². The number of hydrogen-bond acceptors (Lipinski definition) is 3. The normalized spacial score (nSPS) is 13.0. The van der Waals surface area contributed by atoms with E-state index in [0.29, 0.717) is 11.3 Å². The molecule has 0 fully saturated rings. The first-order chi connectivity index (χ1) is 16.1. The third-order valence-electron chi connectivity index (χ3n) is 6.22. The van der Waals surface area contributed by atoms with E-state index >= 15 is 0 Å². The number of carbonyl (C=O) groups excluding carboxylic acids is 2. The van der Waals surface area contributed by atoms with E-state index in [4.69, 9.17) is 0 Å². The summed E-state index contributed by atoms with van der Waals surface area (Å²) < 4.78 is 1.95. The molecule has 5 rings (SSSR count). The monoisotopic (exact) mass is 454 g/mol. The summed E-state index contributed by atoms with van der Waals surface area (Å²) in [6, 6.07) is 23.4.